The van der Waals surface area contributed by atoms with Crippen molar-refractivity contribution in [3.8, 4) is 0 Å². The molecule has 0 aromatic heterocycles. The van der Waals surface area contributed by atoms with E-state index in [1.807, 2.05) is 0 Å². The van der Waals surface area contributed by atoms with Crippen LogP contribution >= 0.6 is 0 Å². The number of likely N-dealkylation sites (tertiary alicyclic amines) is 1. The van der Waals surface area contributed by atoms with Gasteiger partial charge in [-0.15, -0.1) is 0 Å². The van der Waals surface area contributed by atoms with Crippen LogP contribution in [0, 0.1) is 5.92 Å². The van der Waals surface area contributed by atoms with E-state index in [2.05, 4.69) is 0 Å². The van der Waals surface area contributed by atoms with Crippen molar-refractivity contribution in [2.75, 3.05) is 13.1 Å². The number of nitrogens with zero attached hydrogens (tertiary/aromatic N) is 1. The maximum Gasteiger partial charge on any atom is 0.308 e. The Morgan fingerprint density at radius 3 is 2.24 bits per heavy atom. The number of carboxylic acids is 1. The molecule has 0 radical (unpaired) electrons. The molecule has 1 aliphatic carbocycles. The first-order valence-electron chi connectivity index (χ1n) is 8.75. The molecule has 2 fully saturated rings. The number of carbonyl (C=O) groups excluding carboxylic acids is 1. The van der Waals surface area contributed by atoms with Gasteiger partial charge in [0.1, 0.15) is 0 Å². The summed E-state index contributed by atoms with van der Waals surface area (Å²) in [5.74, 6) is -1.65. The van der Waals surface area contributed by atoms with Crippen molar-refractivity contribution in [1.29, 1.82) is 0 Å². The normalized spacial score (nSPS) is 22.1. The molecule has 25 heavy (non-hydrogen) atoms. The maximum atomic E-state index is 12.6. The van der Waals surface area contributed by atoms with Crippen LogP contribution in [0.3, 0.4) is 0 Å². The summed E-state index contributed by atoms with van der Waals surface area (Å²) < 4.78 is 25.1. The molecular weight excluding hydrogens is 342 g/mol. The zero-order chi connectivity index (χ0) is 18.0. The van der Waals surface area contributed by atoms with E-state index < -0.39 is 21.7 Å². The molecule has 1 N–H and O–H groups in total. The summed E-state index contributed by atoms with van der Waals surface area (Å²) in [6.07, 6.45) is 4.54. The van der Waals surface area contributed by atoms with E-state index in [-0.39, 0.29) is 22.6 Å². The number of carbonyl (C=O) groups is 2. The summed E-state index contributed by atoms with van der Waals surface area (Å²) in [6.45, 7) is 0.737. The monoisotopic (exact) mass is 365 g/mol. The first kappa shape index (κ1) is 17.9. The molecule has 2 aliphatic rings. The summed E-state index contributed by atoms with van der Waals surface area (Å²) in [5.41, 5.74) is 0.399. The highest BCUT2D eigenvalue weighted by Crippen LogP contribution is 2.30. The van der Waals surface area contributed by atoms with Gasteiger partial charge in [0, 0.05) is 18.7 Å². The second kappa shape index (κ2) is 7.15. The fourth-order valence-electron chi connectivity index (χ4n) is 3.72. The first-order valence-corrected chi connectivity index (χ1v) is 10.3. The third-order valence-corrected chi connectivity index (χ3v) is 7.51. The lowest BCUT2D eigenvalue weighted by Crippen LogP contribution is -2.42. The molecule has 0 unspecified atom stereocenters. The van der Waals surface area contributed by atoms with Gasteiger partial charge in [0.25, 0.3) is 5.91 Å². The van der Waals surface area contributed by atoms with E-state index in [4.69, 9.17) is 5.11 Å². The van der Waals surface area contributed by atoms with Crippen molar-refractivity contribution >= 4 is 21.7 Å². The number of carboxylic acid groups (broad SMARTS) is 1. The largest absolute Gasteiger partial charge is 0.481 e. The molecule has 1 atom stereocenters. The van der Waals surface area contributed by atoms with E-state index in [1.165, 1.54) is 24.3 Å². The molecule has 136 valence electrons. The Balaban J connectivity index is 1.73. The van der Waals surface area contributed by atoms with E-state index in [0.717, 1.165) is 12.8 Å². The van der Waals surface area contributed by atoms with Crippen molar-refractivity contribution < 1.29 is 23.1 Å². The number of hydrogen-bond acceptors (Lipinski definition) is 4. The van der Waals surface area contributed by atoms with Crippen molar-refractivity contribution in [2.45, 2.75) is 48.7 Å². The number of sulfone groups is 1. The minimum Gasteiger partial charge on any atom is -0.481 e. The lowest BCUT2D eigenvalue weighted by molar-refractivity contribution is -0.143. The van der Waals surface area contributed by atoms with E-state index in [9.17, 15) is 18.0 Å². The van der Waals surface area contributed by atoms with Gasteiger partial charge >= 0.3 is 5.97 Å². The van der Waals surface area contributed by atoms with Crippen molar-refractivity contribution in [2.24, 2.45) is 5.92 Å². The Labute approximate surface area is 147 Å². The Bertz CT molecular complexity index is 750. The topological polar surface area (TPSA) is 91.8 Å². The Hall–Kier alpha value is -1.89. The Kier molecular flexibility index (Phi) is 5.13. The number of hydrogen-bond donors (Lipinski definition) is 1. The fraction of sp³-hybridized carbons (Fsp3) is 0.556. The number of rotatable bonds is 4. The zero-order valence-corrected chi connectivity index (χ0v) is 14.9. The van der Waals surface area contributed by atoms with Crippen molar-refractivity contribution in [3.63, 3.8) is 0 Å². The maximum absolute atomic E-state index is 12.6. The Morgan fingerprint density at radius 1 is 1.00 bits per heavy atom. The summed E-state index contributed by atoms with van der Waals surface area (Å²) in [7, 11) is -3.33. The van der Waals surface area contributed by atoms with Crippen LogP contribution in [0.5, 0.6) is 0 Å². The second-order valence-corrected chi connectivity index (χ2v) is 9.13. The minimum absolute atomic E-state index is 0.205. The molecule has 0 spiro atoms. The third-order valence-electron chi connectivity index (χ3n) is 5.23. The molecule has 1 heterocycles. The molecule has 1 aromatic carbocycles. The van der Waals surface area contributed by atoms with Crippen LogP contribution in [0.2, 0.25) is 0 Å². The summed E-state index contributed by atoms with van der Waals surface area (Å²) in [6, 6.07) is 6.07. The number of piperidine rings is 1. The predicted molar refractivity (Wildman–Crippen MR) is 92.1 cm³/mol. The van der Waals surface area contributed by atoms with Gasteiger partial charge in [0.15, 0.2) is 9.84 Å². The zero-order valence-electron chi connectivity index (χ0n) is 14.1. The molecular formula is C18H23NO5S. The van der Waals surface area contributed by atoms with E-state index in [0.29, 0.717) is 37.8 Å². The van der Waals surface area contributed by atoms with E-state index >= 15 is 0 Å². The second-order valence-electron chi connectivity index (χ2n) is 6.90. The minimum atomic E-state index is -3.33. The van der Waals surface area contributed by atoms with Crippen molar-refractivity contribution in [1.82, 2.24) is 4.90 Å². The van der Waals surface area contributed by atoms with Gasteiger partial charge in [-0.05, 0) is 49.9 Å². The summed E-state index contributed by atoms with van der Waals surface area (Å²) in [5, 5.41) is 8.82. The molecule has 6 nitrogen and oxygen atoms in total. The van der Waals surface area contributed by atoms with Crippen LogP contribution in [-0.4, -0.2) is 48.6 Å². The molecule has 3 rings (SSSR count). The smallest absolute Gasteiger partial charge is 0.308 e. The lowest BCUT2D eigenvalue weighted by atomic mass is 9.97. The first-order chi connectivity index (χ1) is 11.9. The number of benzene rings is 1. The van der Waals surface area contributed by atoms with Gasteiger partial charge in [-0.25, -0.2) is 8.42 Å². The standard InChI is InChI=1S/C18H23NO5S/c20-17(19-11-3-4-14(12-19)18(21)22)13-7-9-16(10-8-13)25(23,24)15-5-1-2-6-15/h7-10,14-15H,1-6,11-12H2,(H,21,22)/t14-/m0/s1. The van der Waals surface area contributed by atoms with Crippen molar-refractivity contribution in [3.05, 3.63) is 29.8 Å². The molecule has 1 saturated heterocycles. The molecule has 1 aromatic rings. The van der Waals surface area contributed by atoms with Gasteiger partial charge in [-0.1, -0.05) is 12.8 Å². The van der Waals surface area contributed by atoms with Gasteiger partial charge in [-0.2, -0.15) is 0 Å². The van der Waals surface area contributed by atoms with Crippen LogP contribution in [-0.2, 0) is 14.6 Å². The molecule has 1 saturated carbocycles. The predicted octanol–water partition coefficient (Wildman–Crippen LogP) is 2.34. The van der Waals surface area contributed by atoms with Crippen LogP contribution in [0.25, 0.3) is 0 Å². The van der Waals surface area contributed by atoms with Gasteiger partial charge in [0.2, 0.25) is 0 Å². The summed E-state index contributed by atoms with van der Waals surface area (Å²) >= 11 is 0. The summed E-state index contributed by atoms with van der Waals surface area (Å²) in [4.78, 5) is 25.5. The highest BCUT2D eigenvalue weighted by molar-refractivity contribution is 7.92. The van der Waals surface area contributed by atoms with Gasteiger partial charge in [-0.3, -0.25) is 9.59 Å². The molecule has 7 heteroatoms. The van der Waals surface area contributed by atoms with Crippen LogP contribution < -0.4 is 0 Å². The highest BCUT2D eigenvalue weighted by atomic mass is 32.2. The van der Waals surface area contributed by atoms with Gasteiger partial charge in [0.05, 0.1) is 16.1 Å². The van der Waals surface area contributed by atoms with Crippen LogP contribution in [0.4, 0.5) is 0 Å². The quantitative estimate of drug-likeness (QED) is 0.884. The highest BCUT2D eigenvalue weighted by Gasteiger charge is 2.31. The average Bonchev–Trinajstić information content (AvgIpc) is 3.17. The van der Waals surface area contributed by atoms with Crippen LogP contribution in [0.15, 0.2) is 29.2 Å². The third kappa shape index (κ3) is 3.71. The van der Waals surface area contributed by atoms with E-state index in [1.54, 1.807) is 4.90 Å². The molecule has 1 aliphatic heterocycles. The number of aliphatic carboxylic acids is 1. The molecule has 0 bridgehead atoms. The lowest BCUT2D eigenvalue weighted by Gasteiger charge is -2.30. The SMILES string of the molecule is O=C(O)[C@H]1CCCN(C(=O)c2ccc(S(=O)(=O)C3CCCC3)cc2)C1. The number of amides is 1. The molecule has 1 amide bonds. The average molecular weight is 365 g/mol. The van der Waals surface area contributed by atoms with Gasteiger partial charge < -0.3 is 10.0 Å². The van der Waals surface area contributed by atoms with Crippen LogP contribution in [0.1, 0.15) is 48.9 Å². The fourth-order valence-corrected chi connectivity index (χ4v) is 5.58. The Morgan fingerprint density at radius 2 is 1.64 bits per heavy atom.